The fourth-order valence-corrected chi connectivity index (χ4v) is 3.20. The van der Waals surface area contributed by atoms with Crippen molar-refractivity contribution in [2.24, 2.45) is 0 Å². The van der Waals surface area contributed by atoms with Crippen LogP contribution in [-0.4, -0.2) is 61.5 Å². The minimum Gasteiger partial charge on any atom is -0.486 e. The number of aromatic nitrogens is 1. The molecule has 20 heavy (non-hydrogen) atoms. The fraction of sp³-hybridized carbons (Fsp3) is 0.667. The summed E-state index contributed by atoms with van der Waals surface area (Å²) >= 11 is 0. The van der Waals surface area contributed by atoms with Crippen LogP contribution in [0.25, 0.3) is 0 Å². The first-order valence-corrected chi connectivity index (χ1v) is 7.30. The third kappa shape index (κ3) is 2.95. The molecule has 1 aromatic rings. The molecule has 1 aliphatic heterocycles. The summed E-state index contributed by atoms with van der Waals surface area (Å²) in [5.74, 6) is 0.829. The monoisotopic (exact) mass is 278 g/mol. The van der Waals surface area contributed by atoms with Crippen LogP contribution in [0.3, 0.4) is 0 Å². The summed E-state index contributed by atoms with van der Waals surface area (Å²) in [6, 6.07) is 4.31. The summed E-state index contributed by atoms with van der Waals surface area (Å²) < 4.78 is 17.2. The number of methoxy groups -OCH3 is 1. The van der Waals surface area contributed by atoms with Gasteiger partial charge in [-0.25, -0.2) is 0 Å². The highest BCUT2D eigenvalue weighted by Crippen LogP contribution is 2.32. The van der Waals surface area contributed by atoms with E-state index in [0.717, 1.165) is 44.9 Å². The summed E-state index contributed by atoms with van der Waals surface area (Å²) in [4.78, 5) is 6.57. The van der Waals surface area contributed by atoms with Crippen molar-refractivity contribution in [1.82, 2.24) is 9.88 Å². The first kappa shape index (κ1) is 13.8. The standard InChI is InChI=1S/C15H22N2O3/c1-18-9-7-17-8-10-19-15-13(17)4-5-14(15)20-12-3-2-6-16-11-12/h2-3,6,11,13-15H,4-5,7-10H2,1H3/t13-,14-,15+/m1/s1. The van der Waals surface area contributed by atoms with Crippen LogP contribution in [0.1, 0.15) is 12.8 Å². The number of rotatable bonds is 5. The molecule has 3 atom stereocenters. The molecule has 0 N–H and O–H groups in total. The first-order valence-electron chi connectivity index (χ1n) is 7.30. The zero-order chi connectivity index (χ0) is 13.8. The van der Waals surface area contributed by atoms with Crippen molar-refractivity contribution < 1.29 is 14.2 Å². The second kappa shape index (κ2) is 6.52. The molecule has 3 rings (SSSR count). The Morgan fingerprint density at radius 2 is 2.40 bits per heavy atom. The molecule has 1 saturated carbocycles. The number of nitrogens with zero attached hydrogens (tertiary/aromatic N) is 2. The first-order chi connectivity index (χ1) is 9.88. The Kier molecular flexibility index (Phi) is 4.50. The topological polar surface area (TPSA) is 43.8 Å². The molecule has 1 aliphatic carbocycles. The Morgan fingerprint density at radius 1 is 1.45 bits per heavy atom. The van der Waals surface area contributed by atoms with Crippen molar-refractivity contribution in [2.75, 3.05) is 33.4 Å². The van der Waals surface area contributed by atoms with Crippen molar-refractivity contribution in [2.45, 2.75) is 31.1 Å². The molecule has 0 radical (unpaired) electrons. The third-order valence-electron chi connectivity index (χ3n) is 4.15. The summed E-state index contributed by atoms with van der Waals surface area (Å²) in [7, 11) is 1.75. The molecule has 0 spiro atoms. The van der Waals surface area contributed by atoms with Gasteiger partial charge in [-0.05, 0) is 25.0 Å². The van der Waals surface area contributed by atoms with Gasteiger partial charge in [-0.1, -0.05) is 0 Å². The van der Waals surface area contributed by atoms with Crippen LogP contribution in [0.2, 0.25) is 0 Å². The highest BCUT2D eigenvalue weighted by Gasteiger charge is 2.43. The van der Waals surface area contributed by atoms with Crippen LogP contribution in [0.15, 0.2) is 24.5 Å². The Bertz CT molecular complexity index is 415. The largest absolute Gasteiger partial charge is 0.486 e. The maximum absolute atomic E-state index is 6.05. The van der Waals surface area contributed by atoms with Crippen LogP contribution in [-0.2, 0) is 9.47 Å². The molecule has 0 bridgehead atoms. The average molecular weight is 278 g/mol. The normalized spacial score (nSPS) is 30.1. The van der Waals surface area contributed by atoms with Crippen molar-refractivity contribution in [3.63, 3.8) is 0 Å². The molecule has 5 heteroatoms. The Hall–Kier alpha value is -1.17. The Labute approximate surface area is 119 Å². The quantitative estimate of drug-likeness (QED) is 0.813. The van der Waals surface area contributed by atoms with Gasteiger partial charge >= 0.3 is 0 Å². The van der Waals surface area contributed by atoms with Gasteiger partial charge in [-0.2, -0.15) is 0 Å². The summed E-state index contributed by atoms with van der Waals surface area (Å²) in [5, 5.41) is 0. The lowest BCUT2D eigenvalue weighted by Crippen LogP contribution is -2.52. The van der Waals surface area contributed by atoms with Crippen LogP contribution >= 0.6 is 0 Å². The lowest BCUT2D eigenvalue weighted by atomic mass is 10.1. The van der Waals surface area contributed by atoms with E-state index >= 15 is 0 Å². The number of pyridine rings is 1. The molecular weight excluding hydrogens is 256 g/mol. The zero-order valence-electron chi connectivity index (χ0n) is 11.9. The van der Waals surface area contributed by atoms with Crippen LogP contribution in [0, 0.1) is 0 Å². The average Bonchev–Trinajstić information content (AvgIpc) is 2.90. The summed E-state index contributed by atoms with van der Waals surface area (Å²) in [6.45, 7) is 3.51. The van der Waals surface area contributed by atoms with Gasteiger partial charge in [0, 0.05) is 32.4 Å². The van der Waals surface area contributed by atoms with E-state index in [0.29, 0.717) is 6.04 Å². The maximum atomic E-state index is 6.05. The van der Waals surface area contributed by atoms with E-state index in [-0.39, 0.29) is 12.2 Å². The van der Waals surface area contributed by atoms with E-state index in [4.69, 9.17) is 14.2 Å². The molecule has 1 aromatic heterocycles. The molecular formula is C15H22N2O3. The van der Waals surface area contributed by atoms with Gasteiger partial charge in [-0.15, -0.1) is 0 Å². The van der Waals surface area contributed by atoms with E-state index in [1.165, 1.54) is 0 Å². The van der Waals surface area contributed by atoms with Gasteiger partial charge in [0.15, 0.2) is 0 Å². The smallest absolute Gasteiger partial charge is 0.138 e. The van der Waals surface area contributed by atoms with Crippen LogP contribution in [0.4, 0.5) is 0 Å². The van der Waals surface area contributed by atoms with E-state index in [1.54, 1.807) is 19.5 Å². The van der Waals surface area contributed by atoms with E-state index in [1.807, 2.05) is 12.1 Å². The SMILES string of the molecule is COCCN1CCO[C@H]2[C@H]1CC[C@H]2Oc1cccnc1. The van der Waals surface area contributed by atoms with Gasteiger partial charge in [0.05, 0.1) is 19.4 Å². The molecule has 2 fully saturated rings. The van der Waals surface area contributed by atoms with Crippen molar-refractivity contribution in [3.05, 3.63) is 24.5 Å². The summed E-state index contributed by atoms with van der Waals surface area (Å²) in [5.41, 5.74) is 0. The Balaban J connectivity index is 1.62. The Morgan fingerprint density at radius 3 is 3.20 bits per heavy atom. The molecule has 5 nitrogen and oxygen atoms in total. The number of fused-ring (bicyclic) bond motifs is 1. The molecule has 0 unspecified atom stereocenters. The molecule has 1 saturated heterocycles. The lowest BCUT2D eigenvalue weighted by Gasteiger charge is -2.38. The van der Waals surface area contributed by atoms with Gasteiger partial charge in [0.25, 0.3) is 0 Å². The number of ether oxygens (including phenoxy) is 3. The van der Waals surface area contributed by atoms with Gasteiger partial charge in [0.1, 0.15) is 18.0 Å². The molecule has 0 aromatic carbocycles. The van der Waals surface area contributed by atoms with Crippen molar-refractivity contribution in [3.8, 4) is 5.75 Å². The molecule has 0 amide bonds. The summed E-state index contributed by atoms with van der Waals surface area (Å²) in [6.07, 6.45) is 5.98. The minimum atomic E-state index is 0.134. The predicted molar refractivity (Wildman–Crippen MR) is 74.9 cm³/mol. The zero-order valence-corrected chi connectivity index (χ0v) is 11.9. The van der Waals surface area contributed by atoms with Gasteiger partial charge < -0.3 is 14.2 Å². The van der Waals surface area contributed by atoms with Gasteiger partial charge in [-0.3, -0.25) is 9.88 Å². The number of hydrogen-bond donors (Lipinski definition) is 0. The maximum Gasteiger partial charge on any atom is 0.138 e. The highest BCUT2D eigenvalue weighted by atomic mass is 16.5. The van der Waals surface area contributed by atoms with E-state index in [2.05, 4.69) is 9.88 Å². The molecule has 110 valence electrons. The molecule has 2 aliphatic rings. The van der Waals surface area contributed by atoms with Crippen LogP contribution < -0.4 is 4.74 Å². The molecule has 2 heterocycles. The number of morpholine rings is 1. The van der Waals surface area contributed by atoms with Gasteiger partial charge in [0.2, 0.25) is 0 Å². The second-order valence-corrected chi connectivity index (χ2v) is 5.35. The number of hydrogen-bond acceptors (Lipinski definition) is 5. The fourth-order valence-electron chi connectivity index (χ4n) is 3.20. The lowest BCUT2D eigenvalue weighted by molar-refractivity contribution is -0.0924. The van der Waals surface area contributed by atoms with E-state index in [9.17, 15) is 0 Å². The minimum absolute atomic E-state index is 0.134. The van der Waals surface area contributed by atoms with Crippen molar-refractivity contribution in [1.29, 1.82) is 0 Å². The predicted octanol–water partition coefficient (Wildman–Crippen LogP) is 1.34. The third-order valence-corrected chi connectivity index (χ3v) is 4.15. The van der Waals surface area contributed by atoms with Crippen molar-refractivity contribution >= 4 is 0 Å². The van der Waals surface area contributed by atoms with E-state index < -0.39 is 0 Å². The second-order valence-electron chi connectivity index (χ2n) is 5.35. The van der Waals surface area contributed by atoms with Crippen LogP contribution in [0.5, 0.6) is 5.75 Å². The highest BCUT2D eigenvalue weighted by molar-refractivity contribution is 5.16.